The fourth-order valence-electron chi connectivity index (χ4n) is 1.65. The van der Waals surface area contributed by atoms with Gasteiger partial charge >= 0.3 is 0 Å². The Hall–Kier alpha value is -1.20. The average Bonchev–Trinajstić information content (AvgIpc) is 2.84. The summed E-state index contributed by atoms with van der Waals surface area (Å²) < 4.78 is 27.1. The second kappa shape index (κ2) is 6.06. The second-order valence-electron chi connectivity index (χ2n) is 4.11. The lowest BCUT2D eigenvalue weighted by Crippen LogP contribution is -2.26. The molecule has 2 aromatic rings. The van der Waals surface area contributed by atoms with E-state index in [-0.39, 0.29) is 4.90 Å². The molecule has 20 heavy (non-hydrogen) atoms. The van der Waals surface area contributed by atoms with E-state index in [1.165, 1.54) is 34.8 Å². The molecule has 0 aliphatic heterocycles. The maximum atomic E-state index is 12.4. The molecule has 0 amide bonds. The summed E-state index contributed by atoms with van der Waals surface area (Å²) >= 11 is 4.84. The minimum atomic E-state index is -3.59. The molecule has 0 aliphatic carbocycles. The van der Waals surface area contributed by atoms with Crippen molar-refractivity contribution in [2.45, 2.75) is 11.4 Å². The van der Waals surface area contributed by atoms with Gasteiger partial charge in [0.05, 0.1) is 20.3 Å². The zero-order chi connectivity index (χ0) is 14.8. The third-order valence-electron chi connectivity index (χ3n) is 2.68. The molecule has 0 saturated heterocycles. The van der Waals surface area contributed by atoms with E-state index in [0.29, 0.717) is 12.1 Å². The first-order valence-electron chi connectivity index (χ1n) is 5.64. The number of halogens is 1. The van der Waals surface area contributed by atoms with Gasteiger partial charge in [0.25, 0.3) is 0 Å². The van der Waals surface area contributed by atoms with Gasteiger partial charge in [0.1, 0.15) is 0 Å². The van der Waals surface area contributed by atoms with E-state index in [4.69, 9.17) is 5.26 Å². The molecule has 7 heteroatoms. The summed E-state index contributed by atoms with van der Waals surface area (Å²) in [6, 6.07) is 11.7. The standard InChI is InChI=1S/C13H11BrN2O2S2/c1-16(9-11-5-6-13(14)19-11)20(17,18)12-4-2-3-10(7-12)8-15/h2-7H,9H2,1H3. The van der Waals surface area contributed by atoms with Gasteiger partial charge in [0, 0.05) is 18.5 Å². The number of nitriles is 1. The number of benzene rings is 1. The van der Waals surface area contributed by atoms with Crippen LogP contribution in [0.5, 0.6) is 0 Å². The quantitative estimate of drug-likeness (QED) is 0.829. The molecule has 1 aromatic heterocycles. The largest absolute Gasteiger partial charge is 0.243 e. The van der Waals surface area contributed by atoms with Crippen molar-refractivity contribution in [2.75, 3.05) is 7.05 Å². The van der Waals surface area contributed by atoms with Gasteiger partial charge in [0.2, 0.25) is 10.0 Å². The van der Waals surface area contributed by atoms with Crippen LogP contribution in [0.4, 0.5) is 0 Å². The first-order chi connectivity index (χ1) is 9.43. The Morgan fingerprint density at radius 1 is 1.35 bits per heavy atom. The van der Waals surface area contributed by atoms with E-state index < -0.39 is 10.0 Å². The molecule has 0 spiro atoms. The van der Waals surface area contributed by atoms with Gasteiger partial charge in [-0.15, -0.1) is 11.3 Å². The fraction of sp³-hybridized carbons (Fsp3) is 0.154. The number of nitrogens with zero attached hydrogens (tertiary/aromatic N) is 2. The fourth-order valence-corrected chi connectivity index (χ4v) is 4.46. The van der Waals surface area contributed by atoms with E-state index in [1.807, 2.05) is 18.2 Å². The zero-order valence-corrected chi connectivity index (χ0v) is 13.8. The van der Waals surface area contributed by atoms with Gasteiger partial charge in [-0.1, -0.05) is 6.07 Å². The molecule has 4 nitrogen and oxygen atoms in total. The SMILES string of the molecule is CN(Cc1ccc(Br)s1)S(=O)(=O)c1cccc(C#N)c1. The molecule has 0 radical (unpaired) electrons. The molecule has 0 unspecified atom stereocenters. The third-order valence-corrected chi connectivity index (χ3v) is 6.09. The summed E-state index contributed by atoms with van der Waals surface area (Å²) in [6.07, 6.45) is 0. The average molecular weight is 371 g/mol. The predicted octanol–water partition coefficient (Wildman–Crippen LogP) is 3.20. The summed E-state index contributed by atoms with van der Waals surface area (Å²) in [6.45, 7) is 0.301. The molecule has 104 valence electrons. The van der Waals surface area contributed by atoms with Crippen molar-refractivity contribution >= 4 is 37.3 Å². The summed E-state index contributed by atoms with van der Waals surface area (Å²) in [5.74, 6) is 0. The lowest BCUT2D eigenvalue weighted by atomic mass is 10.2. The number of sulfonamides is 1. The molecular formula is C13H11BrN2O2S2. The van der Waals surface area contributed by atoms with Crippen LogP contribution in [-0.2, 0) is 16.6 Å². The highest BCUT2D eigenvalue weighted by Crippen LogP contribution is 2.25. The van der Waals surface area contributed by atoms with Crippen molar-refractivity contribution in [2.24, 2.45) is 0 Å². The van der Waals surface area contributed by atoms with Crippen LogP contribution >= 0.6 is 27.3 Å². The first-order valence-corrected chi connectivity index (χ1v) is 8.69. The second-order valence-corrected chi connectivity index (χ2v) is 8.70. The van der Waals surface area contributed by atoms with Crippen LogP contribution in [0.25, 0.3) is 0 Å². The summed E-state index contributed by atoms with van der Waals surface area (Å²) in [5, 5.41) is 8.84. The molecular weight excluding hydrogens is 360 g/mol. The Labute approximate surface area is 130 Å². The predicted molar refractivity (Wildman–Crippen MR) is 81.8 cm³/mol. The van der Waals surface area contributed by atoms with E-state index in [9.17, 15) is 8.42 Å². The van der Waals surface area contributed by atoms with Crippen LogP contribution in [0.1, 0.15) is 10.4 Å². The molecule has 0 fully saturated rings. The van der Waals surface area contributed by atoms with Gasteiger partial charge < -0.3 is 0 Å². The van der Waals surface area contributed by atoms with E-state index in [1.54, 1.807) is 12.1 Å². The van der Waals surface area contributed by atoms with Crippen LogP contribution in [0.3, 0.4) is 0 Å². The van der Waals surface area contributed by atoms with Gasteiger partial charge in [-0.25, -0.2) is 8.42 Å². The van der Waals surface area contributed by atoms with Crippen LogP contribution in [0, 0.1) is 11.3 Å². The normalized spacial score (nSPS) is 11.5. The third kappa shape index (κ3) is 3.27. The molecule has 1 heterocycles. The first kappa shape index (κ1) is 15.2. The highest BCUT2D eigenvalue weighted by Gasteiger charge is 2.21. The smallest absolute Gasteiger partial charge is 0.207 e. The molecule has 0 N–H and O–H groups in total. The maximum Gasteiger partial charge on any atom is 0.243 e. The lowest BCUT2D eigenvalue weighted by Gasteiger charge is -2.16. The minimum absolute atomic E-state index is 0.134. The Balaban J connectivity index is 2.27. The Morgan fingerprint density at radius 2 is 2.10 bits per heavy atom. The van der Waals surface area contributed by atoms with Crippen molar-refractivity contribution in [3.8, 4) is 6.07 Å². The molecule has 2 rings (SSSR count). The van der Waals surface area contributed by atoms with E-state index in [2.05, 4.69) is 15.9 Å². The highest BCUT2D eigenvalue weighted by molar-refractivity contribution is 9.11. The minimum Gasteiger partial charge on any atom is -0.207 e. The summed E-state index contributed by atoms with van der Waals surface area (Å²) in [7, 11) is -2.06. The van der Waals surface area contributed by atoms with Gasteiger partial charge in [0.15, 0.2) is 0 Å². The summed E-state index contributed by atoms with van der Waals surface area (Å²) in [4.78, 5) is 1.08. The molecule has 0 aliphatic rings. The molecule has 0 saturated carbocycles. The van der Waals surface area contributed by atoms with Crippen LogP contribution in [0.15, 0.2) is 45.1 Å². The van der Waals surface area contributed by atoms with E-state index >= 15 is 0 Å². The topological polar surface area (TPSA) is 61.2 Å². The van der Waals surface area contributed by atoms with Gasteiger partial charge in [-0.2, -0.15) is 9.57 Å². The summed E-state index contributed by atoms with van der Waals surface area (Å²) in [5.41, 5.74) is 0.332. The lowest BCUT2D eigenvalue weighted by molar-refractivity contribution is 0.469. The maximum absolute atomic E-state index is 12.4. The number of rotatable bonds is 4. The van der Waals surface area contributed by atoms with Crippen LogP contribution in [-0.4, -0.2) is 19.8 Å². The monoisotopic (exact) mass is 370 g/mol. The van der Waals surface area contributed by atoms with Gasteiger partial charge in [-0.3, -0.25) is 0 Å². The van der Waals surface area contributed by atoms with Gasteiger partial charge in [-0.05, 0) is 46.3 Å². The highest BCUT2D eigenvalue weighted by atomic mass is 79.9. The van der Waals surface area contributed by atoms with Crippen molar-refractivity contribution in [3.63, 3.8) is 0 Å². The van der Waals surface area contributed by atoms with Crippen molar-refractivity contribution in [1.29, 1.82) is 5.26 Å². The van der Waals surface area contributed by atoms with Crippen LogP contribution < -0.4 is 0 Å². The van der Waals surface area contributed by atoms with E-state index in [0.717, 1.165) is 8.66 Å². The Morgan fingerprint density at radius 3 is 2.70 bits per heavy atom. The van der Waals surface area contributed by atoms with Crippen molar-refractivity contribution in [1.82, 2.24) is 4.31 Å². The number of hydrogen-bond donors (Lipinski definition) is 0. The molecule has 0 bridgehead atoms. The van der Waals surface area contributed by atoms with Crippen LogP contribution in [0.2, 0.25) is 0 Å². The molecule has 1 aromatic carbocycles. The van der Waals surface area contributed by atoms with Crippen molar-refractivity contribution in [3.05, 3.63) is 50.6 Å². The number of hydrogen-bond acceptors (Lipinski definition) is 4. The number of thiophene rings is 1. The Kier molecular flexibility index (Phi) is 4.60. The zero-order valence-electron chi connectivity index (χ0n) is 10.6. The molecule has 0 atom stereocenters. The Bertz CT molecular complexity index is 763. The van der Waals surface area contributed by atoms with Crippen molar-refractivity contribution < 1.29 is 8.42 Å².